The van der Waals surface area contributed by atoms with Crippen LogP contribution >= 0.6 is 22.9 Å². The van der Waals surface area contributed by atoms with Crippen molar-refractivity contribution in [2.45, 2.75) is 13.1 Å². The van der Waals surface area contributed by atoms with Crippen molar-refractivity contribution in [3.05, 3.63) is 45.4 Å². The fraction of sp³-hybridized carbons (Fsp3) is 0.308. The van der Waals surface area contributed by atoms with E-state index in [0.717, 1.165) is 22.4 Å². The van der Waals surface area contributed by atoms with Gasteiger partial charge in [-0.25, -0.2) is 4.98 Å². The van der Waals surface area contributed by atoms with Crippen molar-refractivity contribution >= 4 is 28.6 Å². The maximum absolute atomic E-state index is 5.83. The van der Waals surface area contributed by atoms with Crippen LogP contribution in [-0.4, -0.2) is 19.1 Å². The Bertz CT molecular complexity index is 493. The monoisotopic (exact) mass is 281 g/mol. The van der Waals surface area contributed by atoms with Gasteiger partial charge in [0.1, 0.15) is 9.34 Å². The van der Waals surface area contributed by atoms with Crippen LogP contribution in [0.5, 0.6) is 0 Å². The Morgan fingerprint density at radius 3 is 2.50 bits per heavy atom. The van der Waals surface area contributed by atoms with Crippen molar-refractivity contribution in [2.24, 2.45) is 0 Å². The van der Waals surface area contributed by atoms with Crippen molar-refractivity contribution < 1.29 is 0 Å². The zero-order chi connectivity index (χ0) is 13.0. The van der Waals surface area contributed by atoms with E-state index in [1.807, 2.05) is 14.1 Å². The van der Waals surface area contributed by atoms with Gasteiger partial charge in [0.05, 0.1) is 6.20 Å². The molecule has 0 aliphatic rings. The molecule has 2 aromatic rings. The molecule has 1 N–H and O–H groups in total. The van der Waals surface area contributed by atoms with Gasteiger partial charge >= 0.3 is 0 Å². The number of rotatable bonds is 5. The van der Waals surface area contributed by atoms with Gasteiger partial charge in [0.15, 0.2) is 0 Å². The van der Waals surface area contributed by atoms with Crippen LogP contribution in [0.25, 0.3) is 0 Å². The Hall–Kier alpha value is -1.10. The van der Waals surface area contributed by atoms with E-state index in [1.54, 1.807) is 6.20 Å². The van der Waals surface area contributed by atoms with Crippen molar-refractivity contribution in [3.8, 4) is 0 Å². The van der Waals surface area contributed by atoms with Gasteiger partial charge in [-0.05, 0) is 17.7 Å². The summed E-state index contributed by atoms with van der Waals surface area (Å²) in [5.74, 6) is 0. The van der Waals surface area contributed by atoms with Gasteiger partial charge < -0.3 is 10.2 Å². The molecule has 18 heavy (non-hydrogen) atoms. The van der Waals surface area contributed by atoms with Crippen molar-refractivity contribution in [1.82, 2.24) is 10.3 Å². The van der Waals surface area contributed by atoms with Gasteiger partial charge in [-0.1, -0.05) is 23.7 Å². The van der Waals surface area contributed by atoms with Crippen LogP contribution in [0, 0.1) is 0 Å². The minimum absolute atomic E-state index is 0.738. The summed E-state index contributed by atoms with van der Waals surface area (Å²) < 4.78 is 0.738. The van der Waals surface area contributed by atoms with E-state index >= 15 is 0 Å². The molecule has 0 bridgehead atoms. The second-order valence-electron chi connectivity index (χ2n) is 4.22. The fourth-order valence-electron chi connectivity index (χ4n) is 1.60. The number of nitrogens with zero attached hydrogens (tertiary/aromatic N) is 2. The highest BCUT2D eigenvalue weighted by Crippen LogP contribution is 2.18. The normalized spacial score (nSPS) is 10.6. The van der Waals surface area contributed by atoms with Gasteiger partial charge in [-0.2, -0.15) is 0 Å². The molecule has 0 aliphatic carbocycles. The molecule has 1 aromatic heterocycles. The zero-order valence-corrected chi connectivity index (χ0v) is 12.1. The second-order valence-corrected chi connectivity index (χ2v) is 5.97. The lowest BCUT2D eigenvalue weighted by Crippen LogP contribution is -2.13. The molecule has 3 nitrogen and oxygen atoms in total. The summed E-state index contributed by atoms with van der Waals surface area (Å²) in [5, 5.41) is 4.37. The topological polar surface area (TPSA) is 28.2 Å². The molecule has 0 radical (unpaired) electrons. The SMILES string of the molecule is CN(C)c1ccc(CNCc2ncc(Cl)s2)cc1. The summed E-state index contributed by atoms with van der Waals surface area (Å²) in [4.78, 5) is 6.29. The average Bonchev–Trinajstić information content (AvgIpc) is 2.76. The van der Waals surface area contributed by atoms with Crippen molar-refractivity contribution in [2.75, 3.05) is 19.0 Å². The zero-order valence-electron chi connectivity index (χ0n) is 10.5. The van der Waals surface area contributed by atoms with E-state index in [-0.39, 0.29) is 0 Å². The summed E-state index contributed by atoms with van der Waals surface area (Å²) in [5.41, 5.74) is 2.48. The third-order valence-electron chi connectivity index (χ3n) is 2.58. The summed E-state index contributed by atoms with van der Waals surface area (Å²) in [7, 11) is 4.08. The fourth-order valence-corrected chi connectivity index (χ4v) is 2.52. The van der Waals surface area contributed by atoms with E-state index in [2.05, 4.69) is 39.5 Å². The number of aromatic nitrogens is 1. The van der Waals surface area contributed by atoms with Gasteiger partial charge in [-0.3, -0.25) is 0 Å². The van der Waals surface area contributed by atoms with Crippen LogP contribution < -0.4 is 10.2 Å². The standard InChI is InChI=1S/C13H16ClN3S/c1-17(2)11-5-3-10(4-6-11)7-15-9-13-16-8-12(14)18-13/h3-6,8,15H,7,9H2,1-2H3. The molecule has 0 atom stereocenters. The molecule has 1 heterocycles. The molecule has 0 spiro atoms. The smallest absolute Gasteiger partial charge is 0.113 e. The minimum Gasteiger partial charge on any atom is -0.378 e. The molecule has 0 aliphatic heterocycles. The molecule has 0 saturated carbocycles. The van der Waals surface area contributed by atoms with Gasteiger partial charge in [0.25, 0.3) is 0 Å². The number of thiazole rings is 1. The van der Waals surface area contributed by atoms with Crippen molar-refractivity contribution in [1.29, 1.82) is 0 Å². The Morgan fingerprint density at radius 2 is 1.94 bits per heavy atom. The Labute approximate surface area is 116 Å². The number of benzene rings is 1. The van der Waals surface area contributed by atoms with E-state index < -0.39 is 0 Å². The first kappa shape index (κ1) is 13.3. The molecule has 96 valence electrons. The molecule has 5 heteroatoms. The number of halogens is 1. The molecule has 0 amide bonds. The van der Waals surface area contributed by atoms with Gasteiger partial charge in [-0.15, -0.1) is 11.3 Å². The molecular weight excluding hydrogens is 266 g/mol. The number of hydrogen-bond donors (Lipinski definition) is 1. The van der Waals surface area contributed by atoms with Crippen LogP contribution in [0.4, 0.5) is 5.69 Å². The number of hydrogen-bond acceptors (Lipinski definition) is 4. The lowest BCUT2D eigenvalue weighted by molar-refractivity contribution is 0.690. The predicted molar refractivity (Wildman–Crippen MR) is 78.4 cm³/mol. The summed E-state index contributed by atoms with van der Waals surface area (Å²) in [6.07, 6.45) is 1.69. The van der Waals surface area contributed by atoms with Gasteiger partial charge in [0, 0.05) is 32.9 Å². The van der Waals surface area contributed by atoms with E-state index in [1.165, 1.54) is 22.6 Å². The maximum atomic E-state index is 5.83. The second kappa shape index (κ2) is 6.18. The lowest BCUT2D eigenvalue weighted by atomic mass is 10.2. The number of nitrogens with one attached hydrogen (secondary N) is 1. The predicted octanol–water partition coefficient (Wildman–Crippen LogP) is 3.15. The maximum Gasteiger partial charge on any atom is 0.113 e. The highest BCUT2D eigenvalue weighted by molar-refractivity contribution is 7.15. The first-order chi connectivity index (χ1) is 8.65. The first-order valence-electron chi connectivity index (χ1n) is 5.72. The Kier molecular flexibility index (Phi) is 4.58. The summed E-state index contributed by atoms with van der Waals surface area (Å²) in [6, 6.07) is 8.52. The van der Waals surface area contributed by atoms with Crippen LogP contribution in [0.3, 0.4) is 0 Å². The minimum atomic E-state index is 0.738. The largest absolute Gasteiger partial charge is 0.378 e. The van der Waals surface area contributed by atoms with Crippen molar-refractivity contribution in [3.63, 3.8) is 0 Å². The Balaban J connectivity index is 1.83. The molecule has 0 fully saturated rings. The molecule has 1 aromatic carbocycles. The molecule has 2 rings (SSSR count). The van der Waals surface area contributed by atoms with Crippen LogP contribution in [-0.2, 0) is 13.1 Å². The van der Waals surface area contributed by atoms with Crippen LogP contribution in [0.15, 0.2) is 30.5 Å². The van der Waals surface area contributed by atoms with Crippen LogP contribution in [0.1, 0.15) is 10.6 Å². The van der Waals surface area contributed by atoms with E-state index in [4.69, 9.17) is 11.6 Å². The summed E-state index contributed by atoms with van der Waals surface area (Å²) >= 11 is 7.34. The summed E-state index contributed by atoms with van der Waals surface area (Å²) in [6.45, 7) is 1.59. The van der Waals surface area contributed by atoms with E-state index in [9.17, 15) is 0 Å². The highest BCUT2D eigenvalue weighted by atomic mass is 35.5. The molecule has 0 saturated heterocycles. The number of anilines is 1. The third-order valence-corrected chi connectivity index (χ3v) is 3.70. The first-order valence-corrected chi connectivity index (χ1v) is 6.92. The van der Waals surface area contributed by atoms with E-state index in [0.29, 0.717) is 0 Å². The van der Waals surface area contributed by atoms with Gasteiger partial charge in [0.2, 0.25) is 0 Å². The Morgan fingerprint density at radius 1 is 1.22 bits per heavy atom. The molecular formula is C13H16ClN3S. The van der Waals surface area contributed by atoms with Crippen LogP contribution in [0.2, 0.25) is 4.34 Å². The highest BCUT2D eigenvalue weighted by Gasteiger charge is 2.00. The lowest BCUT2D eigenvalue weighted by Gasteiger charge is -2.12. The molecule has 0 unspecified atom stereocenters. The third kappa shape index (κ3) is 3.70. The average molecular weight is 282 g/mol. The quantitative estimate of drug-likeness (QED) is 0.912.